The number of nitrogens with one attached hydrogen (secondary N) is 1. The van der Waals surface area contributed by atoms with Gasteiger partial charge < -0.3 is 21.9 Å². The molecule has 1 aliphatic carbocycles. The lowest BCUT2D eigenvalue weighted by atomic mass is 9.92. The molecule has 6 nitrogen and oxygen atoms in total. The fraction of sp³-hybridized carbons (Fsp3) is 0.217. The molecule has 2 aromatic rings. The van der Waals surface area contributed by atoms with Gasteiger partial charge in [0.15, 0.2) is 0 Å². The van der Waals surface area contributed by atoms with E-state index in [2.05, 4.69) is 17.2 Å². The van der Waals surface area contributed by atoms with Crippen LogP contribution in [-0.4, -0.2) is 16.6 Å². The maximum atomic E-state index is 12.7. The Bertz CT molecular complexity index is 971. The van der Waals surface area contributed by atoms with Gasteiger partial charge in [-0.25, -0.2) is 4.99 Å². The summed E-state index contributed by atoms with van der Waals surface area (Å²) in [6, 6.07) is 14.2. The molecule has 0 saturated carbocycles. The highest BCUT2D eigenvalue weighted by Gasteiger charge is 2.27. The third-order valence-corrected chi connectivity index (χ3v) is 4.69. The van der Waals surface area contributed by atoms with E-state index in [1.54, 1.807) is 36.4 Å². The van der Waals surface area contributed by atoms with E-state index in [-0.39, 0.29) is 11.5 Å². The summed E-state index contributed by atoms with van der Waals surface area (Å²) in [5.74, 6) is -0.400. The number of carbonyl (C=O) groups is 1. The molecule has 1 aliphatic rings. The number of allylic oxidation sites excluding steroid dienone is 2. The predicted molar refractivity (Wildman–Crippen MR) is 119 cm³/mol. The highest BCUT2D eigenvalue weighted by atomic mass is 16.3. The van der Waals surface area contributed by atoms with Gasteiger partial charge in [-0.3, -0.25) is 4.79 Å². The highest BCUT2D eigenvalue weighted by Crippen LogP contribution is 2.28. The lowest BCUT2D eigenvalue weighted by Crippen LogP contribution is -2.24. The average molecular weight is 390 g/mol. The number of benzene rings is 2. The molecular weight excluding hydrogens is 364 g/mol. The molecule has 0 amide bonds. The standard InChI is InChI=1S/C23H26N4O2/c1-2-3-4-5-19-22(26-17-10-6-15(24)7-11-17)20(28)14-21(29)23(19)27-18-12-8-16(25)9-13-18/h6-14,26,29H,2-5,24-25H2,1H3. The van der Waals surface area contributed by atoms with E-state index in [1.807, 2.05) is 12.1 Å². The van der Waals surface area contributed by atoms with Gasteiger partial charge in [0.1, 0.15) is 11.5 Å². The molecule has 2 aromatic carbocycles. The first kappa shape index (κ1) is 20.2. The van der Waals surface area contributed by atoms with Crippen LogP contribution >= 0.6 is 0 Å². The molecule has 29 heavy (non-hydrogen) atoms. The molecule has 0 spiro atoms. The lowest BCUT2D eigenvalue weighted by molar-refractivity contribution is -0.111. The van der Waals surface area contributed by atoms with Crippen LogP contribution in [0.25, 0.3) is 0 Å². The van der Waals surface area contributed by atoms with Crippen LogP contribution in [0.1, 0.15) is 32.6 Å². The Morgan fingerprint density at radius 1 is 0.966 bits per heavy atom. The molecule has 0 atom stereocenters. The fourth-order valence-corrected chi connectivity index (χ4v) is 3.13. The molecule has 3 rings (SSSR count). The van der Waals surface area contributed by atoms with Crippen molar-refractivity contribution in [3.05, 3.63) is 71.6 Å². The summed E-state index contributed by atoms with van der Waals surface area (Å²) in [5.41, 5.74) is 15.7. The second-order valence-electron chi connectivity index (χ2n) is 7.00. The normalized spacial score (nSPS) is 15.6. The first-order valence-corrected chi connectivity index (χ1v) is 9.73. The number of aliphatic hydroxyl groups excluding tert-OH is 1. The van der Waals surface area contributed by atoms with Crippen molar-refractivity contribution >= 4 is 34.2 Å². The second-order valence-corrected chi connectivity index (χ2v) is 7.00. The average Bonchev–Trinajstić information content (AvgIpc) is 2.70. The molecule has 0 fully saturated rings. The Morgan fingerprint density at radius 3 is 2.21 bits per heavy atom. The van der Waals surface area contributed by atoms with E-state index < -0.39 is 0 Å². The number of aliphatic imine (C=N–C) groups is 1. The topological polar surface area (TPSA) is 114 Å². The van der Waals surface area contributed by atoms with Gasteiger partial charge in [-0.15, -0.1) is 0 Å². The summed E-state index contributed by atoms with van der Waals surface area (Å²) in [6.45, 7) is 2.12. The zero-order valence-corrected chi connectivity index (χ0v) is 16.5. The van der Waals surface area contributed by atoms with Crippen molar-refractivity contribution in [2.75, 3.05) is 16.8 Å². The Balaban J connectivity index is 2.04. The van der Waals surface area contributed by atoms with Crippen molar-refractivity contribution in [1.29, 1.82) is 0 Å². The lowest BCUT2D eigenvalue weighted by Gasteiger charge is -2.21. The van der Waals surface area contributed by atoms with E-state index in [4.69, 9.17) is 11.5 Å². The third kappa shape index (κ3) is 5.04. The molecule has 0 saturated heterocycles. The highest BCUT2D eigenvalue weighted by molar-refractivity contribution is 6.25. The first-order valence-electron chi connectivity index (χ1n) is 9.73. The van der Waals surface area contributed by atoms with Gasteiger partial charge in [0.05, 0.1) is 11.4 Å². The van der Waals surface area contributed by atoms with E-state index in [1.165, 1.54) is 6.08 Å². The molecule has 6 heteroatoms. The van der Waals surface area contributed by atoms with Gasteiger partial charge in [0, 0.05) is 28.7 Å². The summed E-state index contributed by atoms with van der Waals surface area (Å²) >= 11 is 0. The molecule has 0 unspecified atom stereocenters. The summed E-state index contributed by atoms with van der Waals surface area (Å²) in [7, 11) is 0. The SMILES string of the molecule is CCCCCC1=C(Nc2ccc(N)cc2)C(=O)C=C(O)C1=Nc1ccc(N)cc1. The van der Waals surface area contributed by atoms with Gasteiger partial charge in [0.2, 0.25) is 5.78 Å². The van der Waals surface area contributed by atoms with Crippen molar-refractivity contribution in [2.45, 2.75) is 32.6 Å². The molecule has 0 aromatic heterocycles. The monoisotopic (exact) mass is 390 g/mol. The molecule has 0 aliphatic heterocycles. The Hall–Kier alpha value is -3.54. The molecule has 6 N–H and O–H groups in total. The number of ketones is 1. The second kappa shape index (κ2) is 9.10. The van der Waals surface area contributed by atoms with Crippen molar-refractivity contribution in [2.24, 2.45) is 4.99 Å². The molecule has 0 radical (unpaired) electrons. The molecular formula is C23H26N4O2. The van der Waals surface area contributed by atoms with E-state index in [0.717, 1.165) is 24.9 Å². The van der Waals surface area contributed by atoms with Crippen molar-refractivity contribution in [3.63, 3.8) is 0 Å². The minimum Gasteiger partial charge on any atom is -0.506 e. The van der Waals surface area contributed by atoms with Crippen molar-refractivity contribution < 1.29 is 9.90 Å². The van der Waals surface area contributed by atoms with Gasteiger partial charge in [-0.1, -0.05) is 19.8 Å². The van der Waals surface area contributed by atoms with Crippen LogP contribution in [0.5, 0.6) is 0 Å². The van der Waals surface area contributed by atoms with Crippen molar-refractivity contribution in [3.8, 4) is 0 Å². The number of hydrogen-bond acceptors (Lipinski definition) is 6. The Morgan fingerprint density at radius 2 is 1.59 bits per heavy atom. The number of hydrogen-bond donors (Lipinski definition) is 4. The number of unbranched alkanes of at least 4 members (excludes halogenated alkanes) is 2. The zero-order valence-electron chi connectivity index (χ0n) is 16.5. The summed E-state index contributed by atoms with van der Waals surface area (Å²) in [6.07, 6.45) is 4.79. The number of rotatable bonds is 7. The van der Waals surface area contributed by atoms with E-state index in [9.17, 15) is 9.90 Å². The maximum absolute atomic E-state index is 12.7. The van der Waals surface area contributed by atoms with Gasteiger partial charge in [-0.05, 0) is 61.4 Å². The van der Waals surface area contributed by atoms with Crippen LogP contribution in [0.4, 0.5) is 22.7 Å². The minimum atomic E-state index is -0.276. The first-order chi connectivity index (χ1) is 14.0. The largest absolute Gasteiger partial charge is 0.506 e. The van der Waals surface area contributed by atoms with Gasteiger partial charge in [-0.2, -0.15) is 0 Å². The smallest absolute Gasteiger partial charge is 0.206 e. The number of nitrogens with zero attached hydrogens (tertiary/aromatic N) is 1. The van der Waals surface area contributed by atoms with Crippen LogP contribution in [0.2, 0.25) is 0 Å². The van der Waals surface area contributed by atoms with E-state index >= 15 is 0 Å². The zero-order chi connectivity index (χ0) is 20.8. The summed E-state index contributed by atoms with van der Waals surface area (Å²) in [5, 5.41) is 13.7. The molecule has 0 bridgehead atoms. The van der Waals surface area contributed by atoms with Crippen LogP contribution in [0, 0.1) is 0 Å². The molecule has 0 heterocycles. The number of nitrogen functional groups attached to an aromatic ring is 2. The summed E-state index contributed by atoms with van der Waals surface area (Å²) in [4.78, 5) is 17.3. The van der Waals surface area contributed by atoms with Crippen LogP contribution < -0.4 is 16.8 Å². The van der Waals surface area contributed by atoms with Crippen LogP contribution in [-0.2, 0) is 4.79 Å². The predicted octanol–water partition coefficient (Wildman–Crippen LogP) is 4.89. The Kier molecular flexibility index (Phi) is 6.34. The van der Waals surface area contributed by atoms with Gasteiger partial charge >= 0.3 is 0 Å². The quantitative estimate of drug-likeness (QED) is 0.305. The number of anilines is 3. The summed E-state index contributed by atoms with van der Waals surface area (Å²) < 4.78 is 0. The minimum absolute atomic E-state index is 0.124. The fourth-order valence-electron chi connectivity index (χ4n) is 3.13. The maximum Gasteiger partial charge on any atom is 0.206 e. The van der Waals surface area contributed by atoms with E-state index in [0.29, 0.717) is 40.5 Å². The number of aliphatic hydroxyl groups is 1. The van der Waals surface area contributed by atoms with Crippen molar-refractivity contribution in [1.82, 2.24) is 0 Å². The van der Waals surface area contributed by atoms with Crippen LogP contribution in [0.15, 0.2) is 76.6 Å². The number of nitrogens with two attached hydrogens (primary N) is 2. The van der Waals surface area contributed by atoms with Gasteiger partial charge in [0.25, 0.3) is 0 Å². The molecule has 150 valence electrons. The third-order valence-electron chi connectivity index (χ3n) is 4.69. The Labute approximate surface area is 170 Å². The number of carbonyl (C=O) groups excluding carboxylic acids is 1. The van der Waals surface area contributed by atoms with Crippen LogP contribution in [0.3, 0.4) is 0 Å².